The molecule has 1 aliphatic carbocycles. The minimum absolute atomic E-state index is 0.394. The monoisotopic (exact) mass is 474 g/mol. The molecule has 7 heteroatoms. The van der Waals surface area contributed by atoms with E-state index in [1.807, 2.05) is 49.5 Å². The average molecular weight is 475 g/mol. The minimum atomic E-state index is 0.394. The van der Waals surface area contributed by atoms with Crippen LogP contribution in [0, 0.1) is 19.8 Å². The molecule has 5 rings (SSSR count). The van der Waals surface area contributed by atoms with E-state index in [9.17, 15) is 0 Å². The van der Waals surface area contributed by atoms with Crippen LogP contribution in [0.1, 0.15) is 29.8 Å². The predicted octanol–water partition coefficient (Wildman–Crippen LogP) is 6.27. The number of nitrogens with zero attached hydrogens (tertiary/aromatic N) is 4. The first kappa shape index (κ1) is 22.4. The van der Waals surface area contributed by atoms with Crippen LogP contribution < -0.4 is 9.47 Å². The lowest BCUT2D eigenvalue weighted by Gasteiger charge is -2.12. The topological polar surface area (TPSA) is 62.1 Å². The third-order valence-electron chi connectivity index (χ3n) is 6.13. The van der Waals surface area contributed by atoms with Gasteiger partial charge >= 0.3 is 0 Å². The molecule has 0 unspecified atom stereocenters. The number of hydrogen-bond acceptors (Lipinski definition) is 5. The molecule has 1 saturated carbocycles. The Bertz CT molecular complexity index is 1300. The Morgan fingerprint density at radius 3 is 2.56 bits per heavy atom. The van der Waals surface area contributed by atoms with Crippen LogP contribution in [0.2, 0.25) is 5.15 Å². The van der Waals surface area contributed by atoms with Gasteiger partial charge in [0.25, 0.3) is 0 Å². The molecular formula is C27H27ClN4O2. The summed E-state index contributed by atoms with van der Waals surface area (Å²) in [7, 11) is 1.67. The fourth-order valence-corrected chi connectivity index (χ4v) is 4.11. The van der Waals surface area contributed by atoms with Crippen LogP contribution in [0.5, 0.6) is 11.5 Å². The van der Waals surface area contributed by atoms with Gasteiger partial charge in [-0.1, -0.05) is 17.7 Å². The van der Waals surface area contributed by atoms with E-state index in [1.165, 1.54) is 12.8 Å². The number of rotatable bonds is 8. The second-order valence-corrected chi connectivity index (χ2v) is 9.16. The van der Waals surface area contributed by atoms with Gasteiger partial charge in [-0.25, -0.2) is 9.97 Å². The van der Waals surface area contributed by atoms with Crippen LogP contribution in [0.25, 0.3) is 22.6 Å². The Kier molecular flexibility index (Phi) is 6.24. The van der Waals surface area contributed by atoms with E-state index in [0.29, 0.717) is 23.4 Å². The molecule has 0 spiro atoms. The highest BCUT2D eigenvalue weighted by Gasteiger charge is 2.26. The van der Waals surface area contributed by atoms with Gasteiger partial charge in [0.15, 0.2) is 0 Å². The number of benzene rings is 1. The maximum absolute atomic E-state index is 6.02. The minimum Gasteiger partial charge on any atom is -0.496 e. The molecule has 3 heterocycles. The summed E-state index contributed by atoms with van der Waals surface area (Å²) in [5.41, 5.74) is 5.88. The number of ether oxygens (including phenoxy) is 2. The zero-order chi connectivity index (χ0) is 23.7. The first-order valence-electron chi connectivity index (χ1n) is 11.4. The van der Waals surface area contributed by atoms with Gasteiger partial charge in [0, 0.05) is 41.8 Å². The van der Waals surface area contributed by atoms with Crippen LogP contribution in [0.4, 0.5) is 0 Å². The zero-order valence-electron chi connectivity index (χ0n) is 19.6. The molecule has 0 atom stereocenters. The van der Waals surface area contributed by atoms with E-state index in [4.69, 9.17) is 26.1 Å². The molecule has 0 amide bonds. The van der Waals surface area contributed by atoms with Gasteiger partial charge in [-0.05, 0) is 68.5 Å². The number of imidazole rings is 1. The number of aromatic nitrogens is 4. The van der Waals surface area contributed by atoms with Crippen LogP contribution in [-0.4, -0.2) is 26.6 Å². The summed E-state index contributed by atoms with van der Waals surface area (Å²) >= 11 is 6.02. The zero-order valence-corrected chi connectivity index (χ0v) is 20.3. The van der Waals surface area contributed by atoms with E-state index < -0.39 is 0 Å². The van der Waals surface area contributed by atoms with E-state index in [0.717, 1.165) is 51.9 Å². The summed E-state index contributed by atoms with van der Waals surface area (Å²) < 4.78 is 14.0. The van der Waals surface area contributed by atoms with Crippen molar-refractivity contribution in [2.75, 3.05) is 7.11 Å². The quantitative estimate of drug-likeness (QED) is 0.281. The maximum Gasteiger partial charge on any atom is 0.142 e. The third-order valence-corrected chi connectivity index (χ3v) is 6.36. The van der Waals surface area contributed by atoms with E-state index in [1.54, 1.807) is 19.4 Å². The predicted molar refractivity (Wildman–Crippen MR) is 133 cm³/mol. The van der Waals surface area contributed by atoms with Crippen molar-refractivity contribution in [2.45, 2.75) is 39.8 Å². The molecule has 34 heavy (non-hydrogen) atoms. The lowest BCUT2D eigenvalue weighted by Crippen LogP contribution is -2.04. The van der Waals surface area contributed by atoms with Crippen molar-refractivity contribution >= 4 is 11.6 Å². The molecule has 1 aliphatic rings. The summed E-state index contributed by atoms with van der Waals surface area (Å²) in [5, 5.41) is 0.471. The Balaban J connectivity index is 1.47. The molecule has 0 aliphatic heterocycles. The lowest BCUT2D eigenvalue weighted by molar-refractivity contribution is 0.299. The lowest BCUT2D eigenvalue weighted by atomic mass is 10.1. The fraction of sp³-hybridized carbons (Fsp3) is 0.296. The standard InChI is InChI=1S/C27H27ClN4O2/c1-17-4-8-21(29-13-17)16-34-22-9-10-23(24(12-22)33-3)26-18(2)32(15-19-5-6-19)27(31-26)20-7-11-25(28)30-14-20/h4,7-14,19H,5-6,15-16H2,1-3H3. The number of halogens is 1. The summed E-state index contributed by atoms with van der Waals surface area (Å²) in [6.45, 7) is 5.48. The summed E-state index contributed by atoms with van der Waals surface area (Å²) in [6.07, 6.45) is 6.15. The second-order valence-electron chi connectivity index (χ2n) is 8.77. The van der Waals surface area contributed by atoms with Gasteiger partial charge in [0.2, 0.25) is 0 Å². The first-order valence-corrected chi connectivity index (χ1v) is 11.8. The molecule has 0 N–H and O–H groups in total. The SMILES string of the molecule is COc1cc(OCc2ccc(C)cn2)ccc1-c1nc(-c2ccc(Cl)nc2)n(CC2CC2)c1C. The molecule has 0 bridgehead atoms. The Labute approximate surface area is 204 Å². The molecule has 0 saturated heterocycles. The fourth-order valence-electron chi connectivity index (χ4n) is 4.00. The number of aryl methyl sites for hydroxylation is 1. The van der Waals surface area contributed by atoms with Crippen molar-refractivity contribution < 1.29 is 9.47 Å². The van der Waals surface area contributed by atoms with Crippen molar-refractivity contribution in [3.8, 4) is 34.1 Å². The van der Waals surface area contributed by atoms with Crippen molar-refractivity contribution in [2.24, 2.45) is 5.92 Å². The highest BCUT2D eigenvalue weighted by molar-refractivity contribution is 6.29. The highest BCUT2D eigenvalue weighted by Crippen LogP contribution is 2.39. The summed E-state index contributed by atoms with van der Waals surface area (Å²) in [4.78, 5) is 13.7. The van der Waals surface area contributed by atoms with Crippen molar-refractivity contribution in [1.82, 2.24) is 19.5 Å². The van der Waals surface area contributed by atoms with E-state index >= 15 is 0 Å². The molecule has 4 aromatic rings. The van der Waals surface area contributed by atoms with Crippen LogP contribution in [-0.2, 0) is 13.2 Å². The van der Waals surface area contributed by atoms with Gasteiger partial charge in [0.05, 0.1) is 18.5 Å². The van der Waals surface area contributed by atoms with E-state index in [2.05, 4.69) is 21.5 Å². The first-order chi connectivity index (χ1) is 16.5. The Morgan fingerprint density at radius 2 is 1.88 bits per heavy atom. The summed E-state index contributed by atoms with van der Waals surface area (Å²) in [5.74, 6) is 3.04. The van der Waals surface area contributed by atoms with Crippen LogP contribution in [0.15, 0.2) is 54.9 Å². The van der Waals surface area contributed by atoms with Crippen LogP contribution >= 0.6 is 11.6 Å². The van der Waals surface area contributed by atoms with Crippen molar-refractivity contribution in [3.63, 3.8) is 0 Å². The van der Waals surface area contributed by atoms with Gasteiger partial charge in [0.1, 0.15) is 29.1 Å². The largest absolute Gasteiger partial charge is 0.496 e. The van der Waals surface area contributed by atoms with Crippen molar-refractivity contribution in [3.05, 3.63) is 77.0 Å². The summed E-state index contributed by atoms with van der Waals surface area (Å²) in [6, 6.07) is 13.7. The van der Waals surface area contributed by atoms with Gasteiger partial charge in [-0.15, -0.1) is 0 Å². The average Bonchev–Trinajstić information content (AvgIpc) is 3.62. The highest BCUT2D eigenvalue weighted by atomic mass is 35.5. The Hall–Kier alpha value is -3.38. The second kappa shape index (κ2) is 9.47. The van der Waals surface area contributed by atoms with E-state index in [-0.39, 0.29) is 0 Å². The number of methoxy groups -OCH3 is 1. The molecule has 6 nitrogen and oxygen atoms in total. The van der Waals surface area contributed by atoms with Gasteiger partial charge < -0.3 is 14.0 Å². The smallest absolute Gasteiger partial charge is 0.142 e. The molecule has 0 radical (unpaired) electrons. The van der Waals surface area contributed by atoms with Crippen LogP contribution in [0.3, 0.4) is 0 Å². The molecule has 174 valence electrons. The Morgan fingerprint density at radius 1 is 1.03 bits per heavy atom. The molecule has 1 fully saturated rings. The molecule has 1 aromatic carbocycles. The van der Waals surface area contributed by atoms with Gasteiger partial charge in [-0.3, -0.25) is 4.98 Å². The molecule has 3 aromatic heterocycles. The maximum atomic E-state index is 6.02. The number of pyridine rings is 2. The molecular weight excluding hydrogens is 448 g/mol. The van der Waals surface area contributed by atoms with Crippen molar-refractivity contribution in [1.29, 1.82) is 0 Å². The third kappa shape index (κ3) is 4.77. The number of hydrogen-bond donors (Lipinski definition) is 0. The van der Waals surface area contributed by atoms with Gasteiger partial charge in [-0.2, -0.15) is 0 Å². The normalized spacial score (nSPS) is 13.2.